The molecule has 1 aliphatic rings. The van der Waals surface area contributed by atoms with Crippen LogP contribution in [0.3, 0.4) is 0 Å². The fourth-order valence-corrected chi connectivity index (χ4v) is 3.55. The lowest BCUT2D eigenvalue weighted by Crippen LogP contribution is -2.43. The second-order valence-electron chi connectivity index (χ2n) is 8.68. The number of carbonyl (C=O) groups is 2. The zero-order chi connectivity index (χ0) is 22.1. The number of carbonyl (C=O) groups excluding carboxylic acids is 2. The van der Waals surface area contributed by atoms with Crippen molar-refractivity contribution in [3.8, 4) is 11.5 Å². The van der Waals surface area contributed by atoms with E-state index in [1.54, 1.807) is 13.2 Å². The molecular formula is C24H36N2O4. The molecule has 1 fully saturated rings. The molecule has 0 saturated heterocycles. The maximum Gasteiger partial charge on any atom is 0.244 e. The Morgan fingerprint density at radius 3 is 2.60 bits per heavy atom. The summed E-state index contributed by atoms with van der Waals surface area (Å²) >= 11 is 0. The van der Waals surface area contributed by atoms with Crippen molar-refractivity contribution in [3.63, 3.8) is 0 Å². The van der Waals surface area contributed by atoms with Crippen molar-refractivity contribution in [1.82, 2.24) is 10.6 Å². The molecule has 0 aromatic heterocycles. The van der Waals surface area contributed by atoms with E-state index in [0.29, 0.717) is 30.4 Å². The van der Waals surface area contributed by atoms with Crippen molar-refractivity contribution < 1.29 is 19.1 Å². The number of nitrogens with one attached hydrogen (secondary N) is 2. The first-order chi connectivity index (χ1) is 14.3. The number of amides is 2. The Kier molecular flexibility index (Phi) is 9.21. The van der Waals surface area contributed by atoms with Gasteiger partial charge in [0.25, 0.3) is 0 Å². The molecule has 6 heteroatoms. The van der Waals surface area contributed by atoms with Gasteiger partial charge in [-0.2, -0.15) is 0 Å². The van der Waals surface area contributed by atoms with E-state index in [4.69, 9.17) is 9.47 Å². The molecule has 2 rings (SSSR count). The molecule has 2 amide bonds. The van der Waals surface area contributed by atoms with Gasteiger partial charge >= 0.3 is 0 Å². The lowest BCUT2D eigenvalue weighted by atomic mass is 9.85. The smallest absolute Gasteiger partial charge is 0.244 e. The molecule has 2 atom stereocenters. The Morgan fingerprint density at radius 2 is 1.93 bits per heavy atom. The van der Waals surface area contributed by atoms with E-state index in [1.165, 1.54) is 6.08 Å². The number of ether oxygens (including phenoxy) is 2. The summed E-state index contributed by atoms with van der Waals surface area (Å²) in [5, 5.41) is 6.01. The highest BCUT2D eigenvalue weighted by Gasteiger charge is 2.28. The molecule has 1 aromatic rings. The van der Waals surface area contributed by atoms with Gasteiger partial charge in [0.2, 0.25) is 11.8 Å². The molecule has 0 bridgehead atoms. The van der Waals surface area contributed by atoms with E-state index in [-0.39, 0.29) is 29.8 Å². The summed E-state index contributed by atoms with van der Waals surface area (Å²) in [4.78, 5) is 24.6. The molecule has 0 radical (unpaired) electrons. The van der Waals surface area contributed by atoms with Crippen molar-refractivity contribution in [2.75, 3.05) is 13.7 Å². The van der Waals surface area contributed by atoms with Crippen LogP contribution in [0.4, 0.5) is 0 Å². The zero-order valence-corrected chi connectivity index (χ0v) is 18.9. The SMILES string of the molecule is COc1cc(/C=C/C(=O)NC2CCCC(C(=O)NC(C)C)C2)ccc1OCC(C)C. The topological polar surface area (TPSA) is 76.7 Å². The summed E-state index contributed by atoms with van der Waals surface area (Å²) in [5.41, 5.74) is 0.858. The summed E-state index contributed by atoms with van der Waals surface area (Å²) in [6.07, 6.45) is 6.71. The third-order valence-electron chi connectivity index (χ3n) is 5.01. The van der Waals surface area contributed by atoms with E-state index in [1.807, 2.05) is 32.0 Å². The number of rotatable bonds is 9. The fourth-order valence-electron chi connectivity index (χ4n) is 3.55. The highest BCUT2D eigenvalue weighted by molar-refractivity contribution is 5.92. The van der Waals surface area contributed by atoms with Crippen molar-refractivity contribution >= 4 is 17.9 Å². The lowest BCUT2D eigenvalue weighted by Gasteiger charge is -2.29. The zero-order valence-electron chi connectivity index (χ0n) is 18.9. The predicted octanol–water partition coefficient (Wildman–Crippen LogP) is 3.94. The maximum atomic E-state index is 12.4. The van der Waals surface area contributed by atoms with Crippen LogP contribution in [0.5, 0.6) is 11.5 Å². The Morgan fingerprint density at radius 1 is 1.17 bits per heavy atom. The van der Waals surface area contributed by atoms with Crippen LogP contribution in [0.1, 0.15) is 58.9 Å². The van der Waals surface area contributed by atoms with Crippen molar-refractivity contribution in [2.24, 2.45) is 11.8 Å². The minimum Gasteiger partial charge on any atom is -0.493 e. The Balaban J connectivity index is 1.91. The molecule has 1 saturated carbocycles. The normalized spacial score (nSPS) is 19.2. The summed E-state index contributed by atoms with van der Waals surface area (Å²) in [6, 6.07) is 5.77. The Labute approximate surface area is 180 Å². The van der Waals surface area contributed by atoms with E-state index in [9.17, 15) is 9.59 Å². The third-order valence-corrected chi connectivity index (χ3v) is 5.01. The van der Waals surface area contributed by atoms with Crippen LogP contribution < -0.4 is 20.1 Å². The summed E-state index contributed by atoms with van der Waals surface area (Å²) in [7, 11) is 1.60. The summed E-state index contributed by atoms with van der Waals surface area (Å²) in [6.45, 7) is 8.72. The highest BCUT2D eigenvalue weighted by Crippen LogP contribution is 2.29. The van der Waals surface area contributed by atoms with Gasteiger partial charge in [-0.25, -0.2) is 0 Å². The minimum atomic E-state index is -0.149. The highest BCUT2D eigenvalue weighted by atomic mass is 16.5. The van der Waals surface area contributed by atoms with Crippen LogP contribution in [0.2, 0.25) is 0 Å². The lowest BCUT2D eigenvalue weighted by molar-refractivity contribution is -0.127. The van der Waals surface area contributed by atoms with Gasteiger partial charge in [0.05, 0.1) is 13.7 Å². The van der Waals surface area contributed by atoms with E-state index in [2.05, 4.69) is 24.5 Å². The average molecular weight is 417 g/mol. The first kappa shape index (κ1) is 23.8. The van der Waals surface area contributed by atoms with Gasteiger partial charge in [-0.3, -0.25) is 9.59 Å². The standard InChI is InChI=1S/C24H36N2O4/c1-16(2)15-30-21-11-9-18(13-22(21)29-5)10-12-23(27)26-20-8-6-7-19(14-20)24(28)25-17(3)4/h9-13,16-17,19-20H,6-8,14-15H2,1-5H3,(H,25,28)(H,26,27)/b12-10+. The van der Waals surface area contributed by atoms with E-state index in [0.717, 1.165) is 24.8 Å². The monoisotopic (exact) mass is 416 g/mol. The van der Waals surface area contributed by atoms with E-state index >= 15 is 0 Å². The molecule has 6 nitrogen and oxygen atoms in total. The van der Waals surface area contributed by atoms with Crippen LogP contribution in [0.25, 0.3) is 6.08 Å². The van der Waals surface area contributed by atoms with Crippen molar-refractivity contribution in [1.29, 1.82) is 0 Å². The third kappa shape index (κ3) is 7.73. The van der Waals surface area contributed by atoms with Crippen molar-refractivity contribution in [2.45, 2.75) is 65.5 Å². The number of benzene rings is 1. The molecule has 0 aliphatic heterocycles. The van der Waals surface area contributed by atoms with Gasteiger partial charge in [-0.05, 0) is 62.8 Å². The Bertz CT molecular complexity index is 743. The average Bonchev–Trinajstić information content (AvgIpc) is 2.70. The second-order valence-corrected chi connectivity index (χ2v) is 8.68. The van der Waals surface area contributed by atoms with Gasteiger partial charge < -0.3 is 20.1 Å². The fraction of sp³-hybridized carbons (Fsp3) is 0.583. The maximum absolute atomic E-state index is 12.4. The number of hydrogen-bond acceptors (Lipinski definition) is 4. The summed E-state index contributed by atoms with van der Waals surface area (Å²) < 4.78 is 11.2. The van der Waals surface area contributed by atoms with Crippen LogP contribution >= 0.6 is 0 Å². The van der Waals surface area contributed by atoms with Gasteiger partial charge in [0.1, 0.15) is 0 Å². The van der Waals surface area contributed by atoms with Gasteiger partial charge in [0, 0.05) is 24.1 Å². The van der Waals surface area contributed by atoms with Crippen LogP contribution in [0.15, 0.2) is 24.3 Å². The molecule has 30 heavy (non-hydrogen) atoms. The number of methoxy groups -OCH3 is 1. The molecular weight excluding hydrogens is 380 g/mol. The molecule has 0 spiro atoms. The Hall–Kier alpha value is -2.50. The molecule has 1 aliphatic carbocycles. The first-order valence-corrected chi connectivity index (χ1v) is 10.9. The number of hydrogen-bond donors (Lipinski definition) is 2. The predicted molar refractivity (Wildman–Crippen MR) is 120 cm³/mol. The van der Waals surface area contributed by atoms with Crippen molar-refractivity contribution in [3.05, 3.63) is 29.8 Å². The summed E-state index contributed by atoms with van der Waals surface area (Å²) in [5.74, 6) is 1.67. The quantitative estimate of drug-likeness (QED) is 0.598. The van der Waals surface area contributed by atoms with Crippen LogP contribution in [0, 0.1) is 11.8 Å². The second kappa shape index (κ2) is 11.6. The molecule has 1 aromatic carbocycles. The van der Waals surface area contributed by atoms with Gasteiger partial charge in [0.15, 0.2) is 11.5 Å². The van der Waals surface area contributed by atoms with E-state index < -0.39 is 0 Å². The largest absolute Gasteiger partial charge is 0.493 e. The van der Waals surface area contributed by atoms with Gasteiger partial charge in [-0.15, -0.1) is 0 Å². The molecule has 2 unspecified atom stereocenters. The van der Waals surface area contributed by atoms with Crippen LogP contribution in [-0.2, 0) is 9.59 Å². The molecule has 0 heterocycles. The first-order valence-electron chi connectivity index (χ1n) is 10.9. The van der Waals surface area contributed by atoms with Crippen LogP contribution in [-0.4, -0.2) is 37.6 Å². The minimum absolute atomic E-state index is 0.0279. The molecule has 166 valence electrons. The molecule has 2 N–H and O–H groups in total. The van der Waals surface area contributed by atoms with Gasteiger partial charge in [-0.1, -0.05) is 26.3 Å².